The van der Waals surface area contributed by atoms with Gasteiger partial charge in [-0.2, -0.15) is 0 Å². The number of hydrogen-bond donors (Lipinski definition) is 0. The first kappa shape index (κ1) is 20.3. The number of piperidine rings is 2. The summed E-state index contributed by atoms with van der Waals surface area (Å²) in [6.07, 6.45) is 6.16. The van der Waals surface area contributed by atoms with Gasteiger partial charge in [-0.05, 0) is 82.4 Å². The summed E-state index contributed by atoms with van der Waals surface area (Å²) in [6.45, 7) is 5.05. The van der Waals surface area contributed by atoms with Crippen LogP contribution in [0.4, 0.5) is 4.39 Å². The van der Waals surface area contributed by atoms with Crippen LogP contribution < -0.4 is 0 Å². The largest absolute Gasteiger partial charge is 0.343 e. The molecule has 0 aromatic heterocycles. The molecule has 3 rings (SSSR count). The molecule has 2 aliphatic heterocycles. The highest BCUT2D eigenvalue weighted by molar-refractivity contribution is 5.76. The van der Waals surface area contributed by atoms with Crippen LogP contribution in [0.5, 0.6) is 0 Å². The Balaban J connectivity index is 1.43. The Morgan fingerprint density at radius 1 is 1.22 bits per heavy atom. The maximum atomic E-state index is 13.4. The van der Waals surface area contributed by atoms with Crippen molar-refractivity contribution < 1.29 is 9.18 Å². The van der Waals surface area contributed by atoms with Gasteiger partial charge in [-0.15, -0.1) is 0 Å². The molecule has 2 saturated heterocycles. The average molecular weight is 376 g/mol. The molecule has 2 fully saturated rings. The van der Waals surface area contributed by atoms with Gasteiger partial charge in [-0.25, -0.2) is 4.39 Å². The lowest BCUT2D eigenvalue weighted by atomic mass is 9.92. The zero-order chi connectivity index (χ0) is 19.2. The Labute approximate surface area is 163 Å². The number of rotatable bonds is 6. The van der Waals surface area contributed by atoms with Gasteiger partial charge in [0, 0.05) is 32.6 Å². The lowest BCUT2D eigenvalue weighted by Gasteiger charge is -2.36. The third-order valence-corrected chi connectivity index (χ3v) is 6.29. The summed E-state index contributed by atoms with van der Waals surface area (Å²) in [5, 5.41) is 0. The number of likely N-dealkylation sites (tertiary alicyclic amines) is 2. The molecule has 1 aromatic rings. The number of benzene rings is 1. The first-order chi connectivity index (χ1) is 13.0. The van der Waals surface area contributed by atoms with Gasteiger partial charge in [0.05, 0.1) is 0 Å². The van der Waals surface area contributed by atoms with E-state index in [4.69, 9.17) is 0 Å². The van der Waals surface area contributed by atoms with Crippen molar-refractivity contribution in [1.82, 2.24) is 14.7 Å². The van der Waals surface area contributed by atoms with Crippen LogP contribution in [0.2, 0.25) is 0 Å². The van der Waals surface area contributed by atoms with E-state index in [-0.39, 0.29) is 5.82 Å². The van der Waals surface area contributed by atoms with E-state index >= 15 is 0 Å². The lowest BCUT2D eigenvalue weighted by Crippen LogP contribution is -2.44. The van der Waals surface area contributed by atoms with E-state index in [2.05, 4.69) is 16.8 Å². The highest BCUT2D eigenvalue weighted by Crippen LogP contribution is 2.24. The van der Waals surface area contributed by atoms with Crippen molar-refractivity contribution in [2.24, 2.45) is 5.92 Å². The Hall–Kier alpha value is -1.46. The van der Waals surface area contributed by atoms with Crippen molar-refractivity contribution in [1.29, 1.82) is 0 Å². The SMILES string of the molecule is CN1CCC(N(C)C(=O)CCC2CCCN(Cc3cccc(F)c3)C2)CC1. The van der Waals surface area contributed by atoms with Crippen molar-refractivity contribution in [2.75, 3.05) is 40.3 Å². The maximum absolute atomic E-state index is 13.4. The van der Waals surface area contributed by atoms with Crippen molar-refractivity contribution in [2.45, 2.75) is 51.1 Å². The molecule has 4 nitrogen and oxygen atoms in total. The van der Waals surface area contributed by atoms with E-state index in [1.807, 2.05) is 18.0 Å². The quantitative estimate of drug-likeness (QED) is 0.763. The van der Waals surface area contributed by atoms with Gasteiger partial charge in [0.15, 0.2) is 0 Å². The second kappa shape index (κ2) is 9.65. The number of carbonyl (C=O) groups is 1. The minimum atomic E-state index is -0.163. The van der Waals surface area contributed by atoms with Crippen molar-refractivity contribution in [3.63, 3.8) is 0 Å². The predicted molar refractivity (Wildman–Crippen MR) is 107 cm³/mol. The molecule has 150 valence electrons. The van der Waals surface area contributed by atoms with Gasteiger partial charge >= 0.3 is 0 Å². The van der Waals surface area contributed by atoms with Crippen LogP contribution in [-0.2, 0) is 11.3 Å². The van der Waals surface area contributed by atoms with E-state index < -0.39 is 0 Å². The molecule has 2 aliphatic rings. The average Bonchev–Trinajstić information content (AvgIpc) is 2.66. The highest BCUT2D eigenvalue weighted by Gasteiger charge is 2.25. The highest BCUT2D eigenvalue weighted by atomic mass is 19.1. The molecule has 0 N–H and O–H groups in total. The standard InChI is InChI=1S/C22H34FN3O/c1-24-13-10-21(11-14-24)25(2)22(27)9-8-18-6-4-12-26(16-18)17-19-5-3-7-20(23)15-19/h3,5,7,15,18,21H,4,6,8-14,16-17H2,1-2H3. The molecule has 2 heterocycles. The lowest BCUT2D eigenvalue weighted by molar-refractivity contribution is -0.133. The Morgan fingerprint density at radius 3 is 2.74 bits per heavy atom. The predicted octanol–water partition coefficient (Wildman–Crippen LogP) is 3.37. The molecule has 1 aromatic carbocycles. The molecule has 1 amide bonds. The van der Waals surface area contributed by atoms with Gasteiger partial charge in [0.1, 0.15) is 5.82 Å². The van der Waals surface area contributed by atoms with Crippen LogP contribution in [0.3, 0.4) is 0 Å². The van der Waals surface area contributed by atoms with E-state index in [0.717, 1.165) is 57.5 Å². The number of halogens is 1. The van der Waals surface area contributed by atoms with Gasteiger partial charge in [0.2, 0.25) is 5.91 Å². The summed E-state index contributed by atoms with van der Waals surface area (Å²) in [5.74, 6) is 0.706. The van der Waals surface area contributed by atoms with E-state index in [0.29, 0.717) is 24.3 Å². The third-order valence-electron chi connectivity index (χ3n) is 6.29. The monoisotopic (exact) mass is 375 g/mol. The Kier molecular flexibility index (Phi) is 7.25. The van der Waals surface area contributed by atoms with Crippen LogP contribution in [-0.4, -0.2) is 66.9 Å². The first-order valence-corrected chi connectivity index (χ1v) is 10.4. The molecule has 0 aliphatic carbocycles. The molecule has 1 atom stereocenters. The molecule has 0 radical (unpaired) electrons. The first-order valence-electron chi connectivity index (χ1n) is 10.4. The number of hydrogen-bond acceptors (Lipinski definition) is 3. The third kappa shape index (κ3) is 6.01. The zero-order valence-electron chi connectivity index (χ0n) is 16.9. The van der Waals surface area contributed by atoms with Gasteiger partial charge in [-0.1, -0.05) is 12.1 Å². The molecular weight excluding hydrogens is 341 g/mol. The smallest absolute Gasteiger partial charge is 0.222 e. The number of amides is 1. The summed E-state index contributed by atoms with van der Waals surface area (Å²) >= 11 is 0. The summed E-state index contributed by atoms with van der Waals surface area (Å²) in [5.41, 5.74) is 1.04. The number of carbonyl (C=O) groups excluding carboxylic acids is 1. The van der Waals surface area contributed by atoms with Crippen LogP contribution >= 0.6 is 0 Å². The summed E-state index contributed by atoms with van der Waals surface area (Å²) in [4.78, 5) is 19.4. The summed E-state index contributed by atoms with van der Waals surface area (Å²) < 4.78 is 13.4. The molecular formula is C22H34FN3O. The van der Waals surface area contributed by atoms with Gasteiger partial charge < -0.3 is 9.80 Å². The number of nitrogens with zero attached hydrogens (tertiary/aromatic N) is 3. The van der Waals surface area contributed by atoms with Crippen LogP contribution in [0.25, 0.3) is 0 Å². The van der Waals surface area contributed by atoms with Crippen LogP contribution in [0, 0.1) is 11.7 Å². The zero-order valence-corrected chi connectivity index (χ0v) is 16.9. The molecule has 1 unspecified atom stereocenters. The topological polar surface area (TPSA) is 26.8 Å². The Bertz CT molecular complexity index is 615. The summed E-state index contributed by atoms with van der Waals surface area (Å²) in [6, 6.07) is 7.30. The second-order valence-electron chi connectivity index (χ2n) is 8.45. The minimum Gasteiger partial charge on any atom is -0.343 e. The van der Waals surface area contributed by atoms with Crippen molar-refractivity contribution in [3.05, 3.63) is 35.6 Å². The van der Waals surface area contributed by atoms with Crippen LogP contribution in [0.1, 0.15) is 44.1 Å². The maximum Gasteiger partial charge on any atom is 0.222 e. The van der Waals surface area contributed by atoms with Gasteiger partial charge in [-0.3, -0.25) is 9.69 Å². The summed E-state index contributed by atoms with van der Waals surface area (Å²) in [7, 11) is 4.13. The fourth-order valence-corrected chi connectivity index (χ4v) is 4.51. The Morgan fingerprint density at radius 2 is 2.00 bits per heavy atom. The fraction of sp³-hybridized carbons (Fsp3) is 0.682. The van der Waals surface area contributed by atoms with Crippen molar-refractivity contribution >= 4 is 5.91 Å². The van der Waals surface area contributed by atoms with Gasteiger partial charge in [0.25, 0.3) is 0 Å². The fourth-order valence-electron chi connectivity index (χ4n) is 4.51. The molecule has 5 heteroatoms. The second-order valence-corrected chi connectivity index (χ2v) is 8.45. The van der Waals surface area contributed by atoms with Crippen molar-refractivity contribution in [3.8, 4) is 0 Å². The minimum absolute atomic E-state index is 0.163. The molecule has 0 spiro atoms. The molecule has 0 bridgehead atoms. The molecule has 0 saturated carbocycles. The van der Waals surface area contributed by atoms with Crippen LogP contribution in [0.15, 0.2) is 24.3 Å². The molecule has 27 heavy (non-hydrogen) atoms. The normalized spacial score (nSPS) is 22.7. The van der Waals surface area contributed by atoms with E-state index in [1.165, 1.54) is 18.9 Å². The van der Waals surface area contributed by atoms with E-state index in [1.54, 1.807) is 12.1 Å². The van der Waals surface area contributed by atoms with E-state index in [9.17, 15) is 9.18 Å².